The van der Waals surface area contributed by atoms with Crippen LogP contribution in [0.15, 0.2) is 0 Å². The number of likely N-dealkylation sites (N-methyl/N-ethyl adjacent to an activating group) is 1. The number of aliphatic carboxylic acids is 1. The molecule has 0 saturated heterocycles. The number of imide groups is 1. The van der Waals surface area contributed by atoms with Crippen molar-refractivity contribution in [3.63, 3.8) is 0 Å². The van der Waals surface area contributed by atoms with Crippen LogP contribution in [0.3, 0.4) is 0 Å². The zero-order valence-corrected chi connectivity index (χ0v) is 12.6. The third-order valence-corrected chi connectivity index (χ3v) is 3.45. The van der Waals surface area contributed by atoms with Gasteiger partial charge < -0.3 is 10.4 Å². The van der Waals surface area contributed by atoms with Crippen molar-refractivity contribution in [1.29, 1.82) is 0 Å². The van der Waals surface area contributed by atoms with E-state index in [1.54, 1.807) is 0 Å². The van der Waals surface area contributed by atoms with Crippen LogP contribution in [-0.2, 0) is 9.59 Å². The number of nitrogens with zero attached hydrogens (tertiary/aromatic N) is 1. The molecule has 1 saturated carbocycles. The normalized spacial score (nSPS) is 14.0. The van der Waals surface area contributed by atoms with Crippen LogP contribution in [-0.4, -0.2) is 53.6 Å². The minimum absolute atomic E-state index is 0.0491. The first-order valence-corrected chi connectivity index (χ1v) is 7.56. The van der Waals surface area contributed by atoms with Gasteiger partial charge in [-0.25, -0.2) is 4.79 Å². The van der Waals surface area contributed by atoms with E-state index in [4.69, 9.17) is 5.11 Å². The van der Waals surface area contributed by atoms with Gasteiger partial charge in [-0.2, -0.15) is 0 Å². The Kier molecular flexibility index (Phi) is 7.74. The average molecular weight is 299 g/mol. The van der Waals surface area contributed by atoms with Crippen molar-refractivity contribution in [3.05, 3.63) is 0 Å². The molecule has 0 bridgehead atoms. The zero-order valence-electron chi connectivity index (χ0n) is 12.6. The van der Waals surface area contributed by atoms with E-state index in [0.717, 1.165) is 13.1 Å². The lowest BCUT2D eigenvalue weighted by atomic mass is 10.2. The summed E-state index contributed by atoms with van der Waals surface area (Å²) in [6, 6.07) is 0.181. The first-order chi connectivity index (χ1) is 10.0. The lowest BCUT2D eigenvalue weighted by molar-refractivity contribution is -0.137. The first kappa shape index (κ1) is 17.4. The van der Waals surface area contributed by atoms with E-state index in [1.807, 2.05) is 0 Å². The molecule has 1 aliphatic carbocycles. The summed E-state index contributed by atoms with van der Waals surface area (Å²) in [6.07, 6.45) is 3.59. The van der Waals surface area contributed by atoms with Gasteiger partial charge in [0.1, 0.15) is 0 Å². The molecular weight excluding hydrogens is 274 g/mol. The summed E-state index contributed by atoms with van der Waals surface area (Å²) < 4.78 is 0. The maximum Gasteiger partial charge on any atom is 0.321 e. The van der Waals surface area contributed by atoms with Crippen LogP contribution in [0.4, 0.5) is 4.79 Å². The van der Waals surface area contributed by atoms with Crippen molar-refractivity contribution in [2.75, 3.05) is 19.6 Å². The van der Waals surface area contributed by atoms with Crippen LogP contribution in [0.5, 0.6) is 0 Å². The van der Waals surface area contributed by atoms with Gasteiger partial charge in [-0.1, -0.05) is 6.92 Å². The predicted molar refractivity (Wildman–Crippen MR) is 77.9 cm³/mol. The number of urea groups is 1. The summed E-state index contributed by atoms with van der Waals surface area (Å²) in [5, 5.41) is 13.4. The third kappa shape index (κ3) is 8.29. The molecule has 120 valence electrons. The third-order valence-electron chi connectivity index (χ3n) is 3.45. The molecule has 0 spiro atoms. The molecule has 0 atom stereocenters. The monoisotopic (exact) mass is 299 g/mol. The number of nitrogens with one attached hydrogen (secondary N) is 2. The molecule has 0 aromatic carbocycles. The lowest BCUT2D eigenvalue weighted by Crippen LogP contribution is -2.43. The van der Waals surface area contributed by atoms with Crippen LogP contribution >= 0.6 is 0 Å². The summed E-state index contributed by atoms with van der Waals surface area (Å²) in [5.41, 5.74) is 0. The maximum atomic E-state index is 11.5. The number of amides is 3. The topological polar surface area (TPSA) is 98.7 Å². The van der Waals surface area contributed by atoms with Gasteiger partial charge in [0.25, 0.3) is 0 Å². The molecule has 3 amide bonds. The Bertz CT molecular complexity index is 369. The Balaban J connectivity index is 2.03. The molecular formula is C14H25N3O4. The van der Waals surface area contributed by atoms with Gasteiger partial charge in [-0.3, -0.25) is 19.8 Å². The van der Waals surface area contributed by atoms with Crippen molar-refractivity contribution in [3.8, 4) is 0 Å². The van der Waals surface area contributed by atoms with E-state index >= 15 is 0 Å². The molecule has 0 radical (unpaired) electrons. The van der Waals surface area contributed by atoms with Crippen LogP contribution in [0.25, 0.3) is 0 Å². The van der Waals surface area contributed by atoms with Crippen molar-refractivity contribution < 1.29 is 19.5 Å². The summed E-state index contributed by atoms with van der Waals surface area (Å²) in [7, 11) is 0. The number of unbranched alkanes of at least 4 members (excludes halogenated alkanes) is 1. The van der Waals surface area contributed by atoms with E-state index in [2.05, 4.69) is 22.5 Å². The predicted octanol–water partition coefficient (Wildman–Crippen LogP) is 0.941. The molecule has 7 heteroatoms. The molecule has 3 N–H and O–H groups in total. The standard InChI is InChI=1S/C14H25N3O4/c1-2-17(11-7-8-11)10-9-15-14(21)16-12(18)5-3-4-6-13(19)20/h11H,2-10H2,1H3,(H,19,20)(H2,15,16,18,21). The first-order valence-electron chi connectivity index (χ1n) is 7.56. The molecule has 1 fully saturated rings. The Hall–Kier alpha value is -1.63. The highest BCUT2D eigenvalue weighted by atomic mass is 16.4. The average Bonchev–Trinajstić information content (AvgIpc) is 3.24. The molecule has 0 unspecified atom stereocenters. The van der Waals surface area contributed by atoms with E-state index in [9.17, 15) is 14.4 Å². The van der Waals surface area contributed by atoms with Crippen molar-refractivity contribution in [1.82, 2.24) is 15.5 Å². The van der Waals surface area contributed by atoms with E-state index in [1.165, 1.54) is 12.8 Å². The molecule has 0 aromatic rings. The molecule has 1 aliphatic rings. The minimum atomic E-state index is -0.871. The van der Waals surface area contributed by atoms with Crippen LogP contribution in [0.2, 0.25) is 0 Å². The van der Waals surface area contributed by atoms with Crippen LogP contribution in [0, 0.1) is 0 Å². The molecule has 21 heavy (non-hydrogen) atoms. The smallest absolute Gasteiger partial charge is 0.321 e. The van der Waals surface area contributed by atoms with Gasteiger partial charge in [0.15, 0.2) is 0 Å². The fourth-order valence-electron chi connectivity index (χ4n) is 2.15. The van der Waals surface area contributed by atoms with Gasteiger partial charge in [0, 0.05) is 32.0 Å². The number of carboxylic acids is 1. The number of carboxylic acid groups (broad SMARTS) is 1. The highest BCUT2D eigenvalue weighted by molar-refractivity contribution is 5.94. The van der Waals surface area contributed by atoms with Crippen LogP contribution < -0.4 is 10.6 Å². The number of carbonyl (C=O) groups is 3. The van der Waals surface area contributed by atoms with Gasteiger partial charge in [0.2, 0.25) is 5.91 Å². The Morgan fingerprint density at radius 2 is 1.86 bits per heavy atom. The summed E-state index contributed by atoms with van der Waals surface area (Å²) in [4.78, 5) is 35.6. The molecule has 0 aromatic heterocycles. The van der Waals surface area contributed by atoms with Crippen molar-refractivity contribution in [2.45, 2.75) is 51.5 Å². The Labute approximate surface area is 125 Å². The van der Waals surface area contributed by atoms with Gasteiger partial charge in [-0.15, -0.1) is 0 Å². The van der Waals surface area contributed by atoms with Crippen molar-refractivity contribution >= 4 is 17.9 Å². The molecule has 0 heterocycles. The number of hydrogen-bond acceptors (Lipinski definition) is 4. The van der Waals surface area contributed by atoms with Gasteiger partial charge >= 0.3 is 12.0 Å². The lowest BCUT2D eigenvalue weighted by Gasteiger charge is -2.19. The minimum Gasteiger partial charge on any atom is -0.481 e. The summed E-state index contributed by atoms with van der Waals surface area (Å²) in [6.45, 7) is 4.37. The quantitative estimate of drug-likeness (QED) is 0.521. The fourth-order valence-corrected chi connectivity index (χ4v) is 2.15. The zero-order chi connectivity index (χ0) is 15.7. The summed E-state index contributed by atoms with van der Waals surface area (Å²) >= 11 is 0. The second-order valence-corrected chi connectivity index (χ2v) is 5.26. The van der Waals surface area contributed by atoms with E-state index in [0.29, 0.717) is 25.4 Å². The van der Waals surface area contributed by atoms with Gasteiger partial charge in [0.05, 0.1) is 0 Å². The Morgan fingerprint density at radius 3 is 2.43 bits per heavy atom. The Morgan fingerprint density at radius 1 is 1.19 bits per heavy atom. The second kappa shape index (κ2) is 9.33. The number of rotatable bonds is 10. The molecule has 0 aliphatic heterocycles. The molecule has 1 rings (SSSR count). The fraction of sp³-hybridized carbons (Fsp3) is 0.786. The van der Waals surface area contributed by atoms with E-state index in [-0.39, 0.29) is 18.7 Å². The second-order valence-electron chi connectivity index (χ2n) is 5.26. The van der Waals surface area contributed by atoms with Crippen molar-refractivity contribution in [2.24, 2.45) is 0 Å². The number of carbonyl (C=O) groups excluding carboxylic acids is 2. The highest BCUT2D eigenvalue weighted by Gasteiger charge is 2.27. The van der Waals surface area contributed by atoms with Gasteiger partial charge in [-0.05, 0) is 32.2 Å². The SMILES string of the molecule is CCN(CCNC(=O)NC(=O)CCCCC(=O)O)C1CC1. The maximum absolute atomic E-state index is 11.5. The largest absolute Gasteiger partial charge is 0.481 e. The number of hydrogen-bond donors (Lipinski definition) is 3. The van der Waals surface area contributed by atoms with E-state index < -0.39 is 12.0 Å². The highest BCUT2D eigenvalue weighted by Crippen LogP contribution is 2.25. The summed E-state index contributed by atoms with van der Waals surface area (Å²) in [5.74, 6) is -1.24. The van der Waals surface area contributed by atoms with Crippen LogP contribution in [0.1, 0.15) is 45.4 Å². The molecule has 7 nitrogen and oxygen atoms in total.